The number of nitrogens with zero attached hydrogens (tertiary/aromatic N) is 4. The van der Waals surface area contributed by atoms with Gasteiger partial charge in [0.15, 0.2) is 17.3 Å². The summed E-state index contributed by atoms with van der Waals surface area (Å²) in [6.07, 6.45) is 3.05. The third-order valence-electron chi connectivity index (χ3n) is 3.80. The van der Waals surface area contributed by atoms with Crippen LogP contribution in [0.4, 0.5) is 17.2 Å². The van der Waals surface area contributed by atoms with Crippen molar-refractivity contribution in [3.63, 3.8) is 0 Å². The summed E-state index contributed by atoms with van der Waals surface area (Å²) in [6.45, 7) is 0. The molecule has 7 nitrogen and oxygen atoms in total. The Balaban J connectivity index is 1.90. The number of ether oxygens (including phenoxy) is 1. The molecule has 0 spiro atoms. The highest BCUT2D eigenvalue weighted by molar-refractivity contribution is 9.11. The van der Waals surface area contributed by atoms with Crippen LogP contribution in [0.5, 0.6) is 11.6 Å². The average molecular weight is 525 g/mol. The van der Waals surface area contributed by atoms with Gasteiger partial charge in [0.05, 0.1) is 26.6 Å². The molecule has 0 fully saturated rings. The molecule has 1 aromatic heterocycles. The summed E-state index contributed by atoms with van der Waals surface area (Å²) in [4.78, 5) is 15.5. The van der Waals surface area contributed by atoms with Gasteiger partial charge in [-0.25, -0.2) is 0 Å². The zero-order chi connectivity index (χ0) is 21.5. The molecule has 1 N–H and O–H groups in total. The first-order chi connectivity index (χ1) is 14.5. The molecule has 0 aliphatic rings. The van der Waals surface area contributed by atoms with Crippen molar-refractivity contribution in [2.24, 2.45) is 5.18 Å². The van der Waals surface area contributed by atoms with Gasteiger partial charge >= 0.3 is 0 Å². The van der Waals surface area contributed by atoms with Crippen LogP contribution in [0.3, 0.4) is 0 Å². The quantitative estimate of drug-likeness (QED) is 0.276. The number of hydrogen-bond donors (Lipinski definition) is 1. The van der Waals surface area contributed by atoms with Gasteiger partial charge < -0.3 is 10.1 Å². The van der Waals surface area contributed by atoms with E-state index in [0.717, 1.165) is 5.56 Å². The molecule has 0 amide bonds. The Hall–Kier alpha value is -3.53. The summed E-state index contributed by atoms with van der Waals surface area (Å²) in [5.41, 5.74) is 2.07. The van der Waals surface area contributed by atoms with E-state index < -0.39 is 0 Å². The molecule has 0 bridgehead atoms. The predicted octanol–water partition coefficient (Wildman–Crippen LogP) is 6.95. The molecule has 30 heavy (non-hydrogen) atoms. The van der Waals surface area contributed by atoms with Gasteiger partial charge in [0.1, 0.15) is 0 Å². The van der Waals surface area contributed by atoms with E-state index in [1.165, 1.54) is 18.2 Å². The van der Waals surface area contributed by atoms with E-state index >= 15 is 0 Å². The number of nitriles is 2. The van der Waals surface area contributed by atoms with Crippen molar-refractivity contribution in [2.45, 2.75) is 0 Å². The van der Waals surface area contributed by atoms with E-state index in [0.29, 0.717) is 25.9 Å². The van der Waals surface area contributed by atoms with Crippen molar-refractivity contribution in [3.8, 4) is 23.8 Å². The third kappa shape index (κ3) is 5.09. The van der Waals surface area contributed by atoms with E-state index in [-0.39, 0.29) is 17.4 Å². The first-order valence-corrected chi connectivity index (χ1v) is 9.97. The molecule has 1 heterocycles. The molecule has 0 aliphatic carbocycles. The lowest BCUT2D eigenvalue weighted by molar-refractivity contribution is 0.458. The Kier molecular flexibility index (Phi) is 6.91. The van der Waals surface area contributed by atoms with Crippen molar-refractivity contribution < 1.29 is 4.74 Å². The molecule has 0 saturated heterocycles. The van der Waals surface area contributed by atoms with Crippen molar-refractivity contribution >= 4 is 55.1 Å². The number of allylic oxidation sites excluding steroid dienone is 1. The molecule has 3 rings (SSSR count). The molecule has 0 radical (unpaired) electrons. The van der Waals surface area contributed by atoms with Gasteiger partial charge in [-0.3, -0.25) is 0 Å². The molecule has 9 heteroatoms. The second-order valence-electron chi connectivity index (χ2n) is 5.80. The highest BCUT2D eigenvalue weighted by Crippen LogP contribution is 2.39. The molecular weight excluding hydrogens is 514 g/mol. The summed E-state index contributed by atoms with van der Waals surface area (Å²) in [6, 6.07) is 17.3. The zero-order valence-corrected chi connectivity index (χ0v) is 18.3. The van der Waals surface area contributed by atoms with Crippen LogP contribution in [0.25, 0.3) is 6.08 Å². The van der Waals surface area contributed by atoms with Crippen LogP contribution >= 0.6 is 31.9 Å². The number of nitrogens with one attached hydrogen (secondary N) is 1. The standard InChI is InChI=1S/C21H11Br2N5O2/c22-16-10-14(2-1-9-24)11-17(23)20(16)30-19-8-7-18(28-29)21(27-19)26-15-5-3-13(12-25)4-6-15/h1-8,10-11H,(H,26,27)/b2-1+. The number of hydrogen-bond acceptors (Lipinski definition) is 7. The minimum absolute atomic E-state index is 0.113. The van der Waals surface area contributed by atoms with E-state index in [4.69, 9.17) is 15.3 Å². The van der Waals surface area contributed by atoms with Crippen LogP contribution in [0, 0.1) is 27.6 Å². The summed E-state index contributed by atoms with van der Waals surface area (Å²) >= 11 is 6.90. The molecule has 146 valence electrons. The van der Waals surface area contributed by atoms with Gasteiger partial charge in [-0.05, 0) is 91.1 Å². The summed E-state index contributed by atoms with van der Waals surface area (Å²) in [5.74, 6) is 0.932. The Bertz CT molecular complexity index is 1190. The van der Waals surface area contributed by atoms with Crippen molar-refractivity contribution in [1.82, 2.24) is 4.98 Å². The van der Waals surface area contributed by atoms with Crippen LogP contribution in [0.15, 0.2) is 68.7 Å². The highest BCUT2D eigenvalue weighted by atomic mass is 79.9. The largest absolute Gasteiger partial charge is 0.437 e. The molecule has 0 atom stereocenters. The number of benzene rings is 2. The lowest BCUT2D eigenvalue weighted by Gasteiger charge is -2.12. The Morgan fingerprint density at radius 2 is 1.77 bits per heavy atom. The topological polar surface area (TPSA) is 111 Å². The van der Waals surface area contributed by atoms with Crippen molar-refractivity contribution in [1.29, 1.82) is 10.5 Å². The normalized spacial score (nSPS) is 10.3. The van der Waals surface area contributed by atoms with Crippen LogP contribution in [0.1, 0.15) is 11.1 Å². The number of nitroso groups, excluding NO2 is 1. The average Bonchev–Trinajstić information content (AvgIpc) is 2.75. The second-order valence-corrected chi connectivity index (χ2v) is 7.51. The number of anilines is 2. The van der Waals surface area contributed by atoms with Crippen molar-refractivity contribution in [2.75, 3.05) is 5.32 Å². The fourth-order valence-corrected chi connectivity index (χ4v) is 3.82. The lowest BCUT2D eigenvalue weighted by Crippen LogP contribution is -1.97. The maximum atomic E-state index is 11.2. The number of aromatic nitrogens is 1. The van der Waals surface area contributed by atoms with Gasteiger partial charge in [-0.2, -0.15) is 15.5 Å². The summed E-state index contributed by atoms with van der Waals surface area (Å²) in [7, 11) is 0. The first-order valence-electron chi connectivity index (χ1n) is 8.38. The second kappa shape index (κ2) is 9.79. The SMILES string of the molecule is N#C/C=C/c1cc(Br)c(Oc2ccc(N=O)c(Nc3ccc(C#N)cc3)n2)c(Br)c1. The maximum absolute atomic E-state index is 11.2. The van der Waals surface area contributed by atoms with E-state index in [1.807, 2.05) is 12.1 Å². The minimum Gasteiger partial charge on any atom is -0.437 e. The van der Waals surface area contributed by atoms with Gasteiger partial charge in [-0.1, -0.05) is 0 Å². The molecular formula is C21H11Br2N5O2. The fourth-order valence-electron chi connectivity index (χ4n) is 2.43. The van der Waals surface area contributed by atoms with Gasteiger partial charge in [0.25, 0.3) is 0 Å². The summed E-state index contributed by atoms with van der Waals surface area (Å²) in [5, 5.41) is 23.6. The molecule has 2 aromatic carbocycles. The monoisotopic (exact) mass is 523 g/mol. The molecule has 3 aromatic rings. The van der Waals surface area contributed by atoms with Crippen LogP contribution in [-0.4, -0.2) is 4.98 Å². The Labute approximate surface area is 188 Å². The maximum Gasteiger partial charge on any atom is 0.221 e. The van der Waals surface area contributed by atoms with Crippen LogP contribution in [-0.2, 0) is 0 Å². The first kappa shape index (κ1) is 21.2. The highest BCUT2D eigenvalue weighted by Gasteiger charge is 2.13. The smallest absolute Gasteiger partial charge is 0.221 e. The molecule has 0 aliphatic heterocycles. The summed E-state index contributed by atoms with van der Waals surface area (Å²) < 4.78 is 7.19. The zero-order valence-electron chi connectivity index (χ0n) is 15.1. The van der Waals surface area contributed by atoms with Crippen molar-refractivity contribution in [3.05, 3.63) is 79.6 Å². The van der Waals surface area contributed by atoms with Gasteiger partial charge in [0.2, 0.25) is 5.88 Å². The van der Waals surface area contributed by atoms with E-state index in [2.05, 4.69) is 47.3 Å². The third-order valence-corrected chi connectivity index (χ3v) is 4.98. The predicted molar refractivity (Wildman–Crippen MR) is 121 cm³/mol. The Morgan fingerprint density at radius 1 is 1.07 bits per heavy atom. The molecule has 0 unspecified atom stereocenters. The fraction of sp³-hybridized carbons (Fsp3) is 0. The molecule has 0 saturated carbocycles. The Morgan fingerprint density at radius 3 is 2.37 bits per heavy atom. The number of halogens is 2. The number of rotatable bonds is 6. The van der Waals surface area contributed by atoms with E-state index in [1.54, 1.807) is 42.5 Å². The van der Waals surface area contributed by atoms with Gasteiger partial charge in [-0.15, -0.1) is 4.91 Å². The minimum atomic E-state index is 0.113. The van der Waals surface area contributed by atoms with Crippen LogP contribution in [0.2, 0.25) is 0 Å². The van der Waals surface area contributed by atoms with Gasteiger partial charge in [0, 0.05) is 17.8 Å². The van der Waals surface area contributed by atoms with Crippen LogP contribution < -0.4 is 10.1 Å². The number of pyridine rings is 1. The van der Waals surface area contributed by atoms with E-state index in [9.17, 15) is 4.91 Å². The lowest BCUT2D eigenvalue weighted by atomic mass is 10.2.